The highest BCUT2D eigenvalue weighted by atomic mass is 19.2. The molecule has 0 aliphatic rings. The van der Waals surface area contributed by atoms with Crippen LogP contribution in [-0.4, -0.2) is 16.7 Å². The predicted molar refractivity (Wildman–Crippen MR) is 66.3 cm³/mol. The molecular weight excluding hydrogens is 271 g/mol. The van der Waals surface area contributed by atoms with E-state index in [9.17, 15) is 13.2 Å². The summed E-state index contributed by atoms with van der Waals surface area (Å²) in [4.78, 5) is 4.07. The molecule has 0 aliphatic carbocycles. The molecule has 0 fully saturated rings. The van der Waals surface area contributed by atoms with Gasteiger partial charge in [0, 0.05) is 12.1 Å². The fraction of sp³-hybridized carbons (Fsp3) is 0.385. The normalized spacial score (nSPS) is 12.7. The summed E-state index contributed by atoms with van der Waals surface area (Å²) in [5, 5.41) is 3.65. The monoisotopic (exact) mass is 285 g/mol. The Bertz CT molecular complexity index is 577. The Balaban J connectivity index is 2.33. The number of nitrogens with two attached hydrogens (primary N) is 1. The van der Waals surface area contributed by atoms with Crippen molar-refractivity contribution in [2.45, 2.75) is 25.7 Å². The van der Waals surface area contributed by atoms with Crippen LogP contribution in [0.15, 0.2) is 16.7 Å². The first-order valence-electron chi connectivity index (χ1n) is 6.25. The van der Waals surface area contributed by atoms with E-state index in [-0.39, 0.29) is 17.3 Å². The van der Waals surface area contributed by atoms with Crippen LogP contribution in [0.1, 0.15) is 31.6 Å². The zero-order valence-electron chi connectivity index (χ0n) is 10.9. The first-order chi connectivity index (χ1) is 9.56. The molecule has 4 nitrogen and oxygen atoms in total. The van der Waals surface area contributed by atoms with Gasteiger partial charge in [0.15, 0.2) is 17.5 Å². The zero-order chi connectivity index (χ0) is 14.7. The molecule has 7 heteroatoms. The average molecular weight is 285 g/mol. The molecule has 1 atom stereocenters. The van der Waals surface area contributed by atoms with E-state index in [1.165, 1.54) is 0 Å². The molecule has 0 saturated carbocycles. The number of hydrogen-bond donors (Lipinski definition) is 1. The van der Waals surface area contributed by atoms with Gasteiger partial charge in [-0.05, 0) is 18.6 Å². The third-order valence-electron chi connectivity index (χ3n) is 2.95. The van der Waals surface area contributed by atoms with Gasteiger partial charge in [-0.15, -0.1) is 0 Å². The van der Waals surface area contributed by atoms with Gasteiger partial charge >= 0.3 is 0 Å². The average Bonchev–Trinajstić information content (AvgIpc) is 2.91. The van der Waals surface area contributed by atoms with Crippen molar-refractivity contribution in [2.24, 2.45) is 5.73 Å². The molecule has 0 radical (unpaired) electrons. The predicted octanol–water partition coefficient (Wildman–Crippen LogP) is 3.00. The molecule has 0 spiro atoms. The zero-order valence-corrected chi connectivity index (χ0v) is 10.9. The van der Waals surface area contributed by atoms with Crippen molar-refractivity contribution in [3.63, 3.8) is 0 Å². The SMILES string of the molecule is CCCC(CN)c1nc(-c2cc(F)c(F)c(F)c2)no1. The molecule has 0 amide bonds. The molecule has 2 N–H and O–H groups in total. The van der Waals surface area contributed by atoms with Gasteiger partial charge in [-0.1, -0.05) is 18.5 Å². The molecule has 1 aromatic heterocycles. The van der Waals surface area contributed by atoms with Crippen LogP contribution in [-0.2, 0) is 0 Å². The van der Waals surface area contributed by atoms with E-state index in [4.69, 9.17) is 10.3 Å². The minimum absolute atomic E-state index is 0.00681. The highest BCUT2D eigenvalue weighted by Crippen LogP contribution is 2.24. The lowest BCUT2D eigenvalue weighted by Crippen LogP contribution is -2.12. The Hall–Kier alpha value is -1.89. The summed E-state index contributed by atoms with van der Waals surface area (Å²) in [5.41, 5.74) is 5.63. The lowest BCUT2D eigenvalue weighted by Gasteiger charge is -2.06. The number of rotatable bonds is 5. The van der Waals surface area contributed by atoms with E-state index in [0.29, 0.717) is 12.4 Å². The summed E-state index contributed by atoms with van der Waals surface area (Å²) < 4.78 is 44.3. The molecule has 2 aromatic rings. The standard InChI is InChI=1S/C13H14F3N3O/c1-2-3-7(6-17)13-18-12(19-20-13)8-4-9(14)11(16)10(15)5-8/h4-5,7H,2-3,6,17H2,1H3. The first-order valence-corrected chi connectivity index (χ1v) is 6.25. The van der Waals surface area contributed by atoms with Crippen LogP contribution in [0.2, 0.25) is 0 Å². The van der Waals surface area contributed by atoms with E-state index in [1.807, 2.05) is 6.92 Å². The summed E-state index contributed by atoms with van der Waals surface area (Å²) in [7, 11) is 0. The van der Waals surface area contributed by atoms with Crippen molar-refractivity contribution in [2.75, 3.05) is 6.54 Å². The van der Waals surface area contributed by atoms with Gasteiger partial charge in [0.05, 0.1) is 5.92 Å². The first kappa shape index (κ1) is 14.5. The summed E-state index contributed by atoms with van der Waals surface area (Å²) >= 11 is 0. The number of halogens is 3. The minimum Gasteiger partial charge on any atom is -0.339 e. The van der Waals surface area contributed by atoms with Gasteiger partial charge in [-0.3, -0.25) is 0 Å². The Morgan fingerprint density at radius 3 is 2.45 bits per heavy atom. The quantitative estimate of drug-likeness (QED) is 0.858. The van der Waals surface area contributed by atoms with Gasteiger partial charge in [0.1, 0.15) is 0 Å². The van der Waals surface area contributed by atoms with Crippen LogP contribution in [0.4, 0.5) is 13.2 Å². The van der Waals surface area contributed by atoms with Crippen LogP contribution >= 0.6 is 0 Å². The summed E-state index contributed by atoms with van der Waals surface area (Å²) in [6.45, 7) is 2.33. The van der Waals surface area contributed by atoms with E-state index in [2.05, 4.69) is 10.1 Å². The van der Waals surface area contributed by atoms with Crippen LogP contribution in [0, 0.1) is 17.5 Å². The maximum atomic E-state index is 13.2. The van der Waals surface area contributed by atoms with Gasteiger partial charge < -0.3 is 10.3 Å². The number of hydrogen-bond acceptors (Lipinski definition) is 4. The fourth-order valence-corrected chi connectivity index (χ4v) is 1.89. The molecule has 1 aromatic carbocycles. The van der Waals surface area contributed by atoms with Gasteiger partial charge in [-0.25, -0.2) is 13.2 Å². The third-order valence-corrected chi connectivity index (χ3v) is 2.95. The lowest BCUT2D eigenvalue weighted by molar-refractivity contribution is 0.347. The molecule has 0 bridgehead atoms. The number of aromatic nitrogens is 2. The largest absolute Gasteiger partial charge is 0.339 e. The van der Waals surface area contributed by atoms with Crippen molar-refractivity contribution in [1.82, 2.24) is 10.1 Å². The van der Waals surface area contributed by atoms with Crippen molar-refractivity contribution in [3.05, 3.63) is 35.5 Å². The summed E-state index contributed by atoms with van der Waals surface area (Å²) in [6, 6.07) is 1.65. The molecule has 20 heavy (non-hydrogen) atoms. The Kier molecular flexibility index (Phi) is 4.39. The van der Waals surface area contributed by atoms with Crippen LogP contribution in [0.25, 0.3) is 11.4 Å². The molecule has 1 unspecified atom stereocenters. The van der Waals surface area contributed by atoms with Crippen LogP contribution < -0.4 is 5.73 Å². The Morgan fingerprint density at radius 2 is 1.90 bits per heavy atom. The second-order valence-corrected chi connectivity index (χ2v) is 4.43. The van der Waals surface area contributed by atoms with Gasteiger partial charge in [-0.2, -0.15) is 4.98 Å². The van der Waals surface area contributed by atoms with Crippen molar-refractivity contribution in [1.29, 1.82) is 0 Å². The van der Waals surface area contributed by atoms with Gasteiger partial charge in [0.2, 0.25) is 11.7 Å². The number of nitrogens with zero attached hydrogens (tertiary/aromatic N) is 2. The van der Waals surface area contributed by atoms with Crippen LogP contribution in [0.5, 0.6) is 0 Å². The second kappa shape index (κ2) is 6.04. The molecule has 108 valence electrons. The third kappa shape index (κ3) is 2.82. The number of benzene rings is 1. The summed E-state index contributed by atoms with van der Waals surface area (Å²) in [6.07, 6.45) is 1.66. The van der Waals surface area contributed by atoms with E-state index >= 15 is 0 Å². The highest BCUT2D eigenvalue weighted by molar-refractivity contribution is 5.54. The molecule has 1 heterocycles. The minimum atomic E-state index is -1.52. The van der Waals surface area contributed by atoms with Crippen molar-refractivity contribution >= 4 is 0 Å². The van der Waals surface area contributed by atoms with E-state index in [1.54, 1.807) is 0 Å². The second-order valence-electron chi connectivity index (χ2n) is 4.43. The Labute approximate surface area is 113 Å². The highest BCUT2D eigenvalue weighted by Gasteiger charge is 2.19. The lowest BCUT2D eigenvalue weighted by atomic mass is 10.0. The van der Waals surface area contributed by atoms with Crippen molar-refractivity contribution < 1.29 is 17.7 Å². The van der Waals surface area contributed by atoms with E-state index in [0.717, 1.165) is 25.0 Å². The smallest absolute Gasteiger partial charge is 0.231 e. The Morgan fingerprint density at radius 1 is 1.25 bits per heavy atom. The molecular formula is C13H14F3N3O. The fourth-order valence-electron chi connectivity index (χ4n) is 1.89. The molecule has 2 rings (SSSR count). The van der Waals surface area contributed by atoms with Crippen LogP contribution in [0.3, 0.4) is 0 Å². The molecule has 0 aliphatic heterocycles. The van der Waals surface area contributed by atoms with Gasteiger partial charge in [0.25, 0.3) is 0 Å². The van der Waals surface area contributed by atoms with Crippen molar-refractivity contribution in [3.8, 4) is 11.4 Å². The topological polar surface area (TPSA) is 64.9 Å². The maximum absolute atomic E-state index is 13.2. The molecule has 0 saturated heterocycles. The van der Waals surface area contributed by atoms with E-state index < -0.39 is 17.5 Å². The maximum Gasteiger partial charge on any atom is 0.231 e. The summed E-state index contributed by atoms with van der Waals surface area (Å²) in [5.74, 6) is -3.90.